The van der Waals surface area contributed by atoms with E-state index < -0.39 is 0 Å². The highest BCUT2D eigenvalue weighted by atomic mass is 127. The molecular formula is C16H14BrClINO. The van der Waals surface area contributed by atoms with E-state index in [1.54, 1.807) is 0 Å². The zero-order valence-electron chi connectivity index (χ0n) is 11.2. The Morgan fingerprint density at radius 3 is 2.62 bits per heavy atom. The number of halogens is 3. The maximum absolute atomic E-state index is 12.4. The summed E-state index contributed by atoms with van der Waals surface area (Å²) in [5.41, 5.74) is 1.82. The molecule has 0 aliphatic carbocycles. The predicted octanol–water partition coefficient (Wildman–Crippen LogP) is 4.63. The molecule has 2 nitrogen and oxygen atoms in total. The molecule has 1 unspecified atom stereocenters. The van der Waals surface area contributed by atoms with Crippen molar-refractivity contribution in [1.29, 1.82) is 0 Å². The van der Waals surface area contributed by atoms with Crippen LogP contribution in [0.4, 0.5) is 0 Å². The van der Waals surface area contributed by atoms with E-state index in [0.717, 1.165) is 20.0 Å². The number of carbonyl (C=O) groups is 1. The van der Waals surface area contributed by atoms with Crippen LogP contribution < -0.4 is 5.32 Å². The summed E-state index contributed by atoms with van der Waals surface area (Å²) in [7, 11) is 0. The van der Waals surface area contributed by atoms with Crippen molar-refractivity contribution in [2.24, 2.45) is 0 Å². The van der Waals surface area contributed by atoms with Gasteiger partial charge in [-0.3, -0.25) is 4.79 Å². The summed E-state index contributed by atoms with van der Waals surface area (Å²) < 4.78 is 1.81. The molecule has 1 N–H and O–H groups in total. The Morgan fingerprint density at radius 2 is 1.95 bits per heavy atom. The van der Waals surface area contributed by atoms with E-state index in [9.17, 15) is 4.79 Å². The Balaban J connectivity index is 2.07. The van der Waals surface area contributed by atoms with E-state index in [0.29, 0.717) is 11.4 Å². The number of nitrogens with one attached hydrogen (secondary N) is 1. The van der Waals surface area contributed by atoms with Gasteiger partial charge in [0.05, 0.1) is 5.56 Å². The lowest BCUT2D eigenvalue weighted by molar-refractivity contribution is 0.0939. The van der Waals surface area contributed by atoms with Gasteiger partial charge in [-0.25, -0.2) is 0 Å². The van der Waals surface area contributed by atoms with Gasteiger partial charge in [0.25, 0.3) is 5.91 Å². The Morgan fingerprint density at radius 1 is 1.24 bits per heavy atom. The summed E-state index contributed by atoms with van der Waals surface area (Å²) >= 11 is 11.5. The van der Waals surface area contributed by atoms with Gasteiger partial charge in [0.1, 0.15) is 0 Å². The molecule has 0 heterocycles. The molecule has 2 aromatic carbocycles. The van der Waals surface area contributed by atoms with Crippen LogP contribution in [-0.4, -0.2) is 17.8 Å². The number of benzene rings is 2. The molecule has 5 heteroatoms. The lowest BCUT2D eigenvalue weighted by Gasteiger charge is -2.17. The first-order valence-corrected chi connectivity index (χ1v) is 8.86. The molecule has 0 saturated carbocycles. The quantitative estimate of drug-likeness (QED) is 0.493. The van der Waals surface area contributed by atoms with Crippen molar-refractivity contribution in [2.75, 3.05) is 5.88 Å². The highest BCUT2D eigenvalue weighted by Gasteiger charge is 2.16. The van der Waals surface area contributed by atoms with E-state index in [1.165, 1.54) is 0 Å². The predicted molar refractivity (Wildman–Crippen MR) is 99.0 cm³/mol. The molecule has 0 saturated heterocycles. The number of rotatable bonds is 5. The number of hydrogen-bond donors (Lipinski definition) is 1. The van der Waals surface area contributed by atoms with Crippen LogP contribution in [0.3, 0.4) is 0 Å². The van der Waals surface area contributed by atoms with E-state index in [-0.39, 0.29) is 11.9 Å². The Labute approximate surface area is 151 Å². The van der Waals surface area contributed by atoms with Gasteiger partial charge in [-0.05, 0) is 52.8 Å². The molecule has 110 valence electrons. The minimum atomic E-state index is -0.0951. The van der Waals surface area contributed by atoms with Crippen LogP contribution in [0.15, 0.2) is 53.0 Å². The smallest absolute Gasteiger partial charge is 0.252 e. The first-order valence-electron chi connectivity index (χ1n) is 6.46. The second kappa shape index (κ2) is 8.15. The molecule has 1 atom stereocenters. The first-order chi connectivity index (χ1) is 10.1. The van der Waals surface area contributed by atoms with E-state index in [1.807, 2.05) is 48.5 Å². The fraction of sp³-hybridized carbons (Fsp3) is 0.188. The highest BCUT2D eigenvalue weighted by Crippen LogP contribution is 2.18. The molecule has 0 bridgehead atoms. The molecule has 21 heavy (non-hydrogen) atoms. The summed E-state index contributed by atoms with van der Waals surface area (Å²) in [6.07, 6.45) is 0.723. The molecule has 2 aromatic rings. The second-order valence-electron chi connectivity index (χ2n) is 4.64. The van der Waals surface area contributed by atoms with E-state index >= 15 is 0 Å². The van der Waals surface area contributed by atoms with Crippen LogP contribution in [0.1, 0.15) is 15.9 Å². The zero-order chi connectivity index (χ0) is 15.2. The molecule has 0 spiro atoms. The van der Waals surface area contributed by atoms with Gasteiger partial charge in [-0.1, -0.05) is 46.3 Å². The van der Waals surface area contributed by atoms with Gasteiger partial charge < -0.3 is 5.32 Å². The van der Waals surface area contributed by atoms with Gasteiger partial charge in [-0.2, -0.15) is 0 Å². The zero-order valence-corrected chi connectivity index (χ0v) is 15.7. The van der Waals surface area contributed by atoms with Crippen molar-refractivity contribution in [3.63, 3.8) is 0 Å². The third-order valence-corrected chi connectivity index (χ3v) is 4.83. The van der Waals surface area contributed by atoms with Crippen molar-refractivity contribution < 1.29 is 4.79 Å². The van der Waals surface area contributed by atoms with Crippen LogP contribution in [0.5, 0.6) is 0 Å². The molecule has 0 fully saturated rings. The lowest BCUT2D eigenvalue weighted by Crippen LogP contribution is -2.38. The summed E-state index contributed by atoms with van der Waals surface area (Å²) in [6.45, 7) is 0. The molecule has 0 aromatic heterocycles. The van der Waals surface area contributed by atoms with Crippen molar-refractivity contribution in [1.82, 2.24) is 5.32 Å². The van der Waals surface area contributed by atoms with Crippen molar-refractivity contribution in [2.45, 2.75) is 12.5 Å². The van der Waals surface area contributed by atoms with Crippen molar-refractivity contribution in [3.8, 4) is 0 Å². The van der Waals surface area contributed by atoms with Gasteiger partial charge in [0, 0.05) is 20.0 Å². The fourth-order valence-corrected chi connectivity index (χ4v) is 3.11. The molecule has 0 aliphatic heterocycles. The molecule has 0 aliphatic rings. The number of amides is 1. The van der Waals surface area contributed by atoms with Gasteiger partial charge in [0.2, 0.25) is 0 Å². The third-order valence-electron chi connectivity index (χ3n) is 3.02. The number of alkyl halides is 1. The average molecular weight is 479 g/mol. The first kappa shape index (κ1) is 16.8. The molecule has 0 radical (unpaired) electrons. The summed E-state index contributed by atoms with van der Waals surface area (Å²) in [5.74, 6) is 0.285. The highest BCUT2D eigenvalue weighted by molar-refractivity contribution is 14.1. The minimum Gasteiger partial charge on any atom is -0.348 e. The summed E-state index contributed by atoms with van der Waals surface area (Å²) in [6, 6.07) is 15.6. The van der Waals surface area contributed by atoms with Crippen LogP contribution in [0.25, 0.3) is 0 Å². The average Bonchev–Trinajstić information content (AvgIpc) is 2.50. The normalized spacial score (nSPS) is 12.0. The van der Waals surface area contributed by atoms with Gasteiger partial charge >= 0.3 is 0 Å². The van der Waals surface area contributed by atoms with Gasteiger partial charge in [-0.15, -0.1) is 11.6 Å². The SMILES string of the molecule is O=C(NC(CCl)Cc1ccccc1)c1cc(Br)ccc1I. The fourth-order valence-electron chi connectivity index (χ4n) is 1.98. The van der Waals surface area contributed by atoms with E-state index in [2.05, 4.69) is 43.8 Å². The van der Waals surface area contributed by atoms with Gasteiger partial charge in [0.15, 0.2) is 0 Å². The van der Waals surface area contributed by atoms with Crippen LogP contribution >= 0.6 is 50.1 Å². The van der Waals surface area contributed by atoms with Crippen molar-refractivity contribution in [3.05, 3.63) is 67.7 Å². The Kier molecular flexibility index (Phi) is 6.51. The largest absolute Gasteiger partial charge is 0.348 e. The van der Waals surface area contributed by atoms with Crippen LogP contribution in [0.2, 0.25) is 0 Å². The lowest BCUT2D eigenvalue weighted by atomic mass is 10.1. The van der Waals surface area contributed by atoms with Crippen LogP contribution in [-0.2, 0) is 6.42 Å². The molecule has 1 amide bonds. The molecule has 2 rings (SSSR count). The number of carbonyl (C=O) groups excluding carboxylic acids is 1. The Bertz CT molecular complexity index is 621. The molecular weight excluding hydrogens is 464 g/mol. The monoisotopic (exact) mass is 477 g/mol. The summed E-state index contributed by atoms with van der Waals surface area (Å²) in [4.78, 5) is 12.4. The Hall–Kier alpha value is -0.590. The van der Waals surface area contributed by atoms with Crippen molar-refractivity contribution >= 4 is 56.0 Å². The van der Waals surface area contributed by atoms with Crippen LogP contribution in [0, 0.1) is 3.57 Å². The topological polar surface area (TPSA) is 29.1 Å². The number of hydrogen-bond acceptors (Lipinski definition) is 1. The summed E-state index contributed by atoms with van der Waals surface area (Å²) in [5, 5.41) is 3.00. The maximum atomic E-state index is 12.4. The standard InChI is InChI=1S/C16H14BrClINO/c17-12-6-7-15(19)14(9-12)16(21)20-13(10-18)8-11-4-2-1-3-5-11/h1-7,9,13H,8,10H2,(H,20,21). The third kappa shape index (κ3) is 4.97. The second-order valence-corrected chi connectivity index (χ2v) is 7.03. The van der Waals surface area contributed by atoms with E-state index in [4.69, 9.17) is 11.6 Å². The maximum Gasteiger partial charge on any atom is 0.252 e. The minimum absolute atomic E-state index is 0.0867.